The van der Waals surface area contributed by atoms with Crippen molar-refractivity contribution in [1.82, 2.24) is 10.2 Å². The molecule has 1 rings (SSSR count). The van der Waals surface area contributed by atoms with E-state index in [1.807, 2.05) is 0 Å². The van der Waals surface area contributed by atoms with Gasteiger partial charge in [-0.15, -0.1) is 0 Å². The maximum absolute atomic E-state index is 3.74. The molecule has 0 aromatic rings. The normalized spacial score (nSPS) is 29.1. The lowest BCUT2D eigenvalue weighted by Crippen LogP contribution is -2.59. The molecule has 17 heavy (non-hydrogen) atoms. The summed E-state index contributed by atoms with van der Waals surface area (Å²) < 4.78 is 0. The molecule has 0 spiro atoms. The molecule has 1 N–H and O–H groups in total. The van der Waals surface area contributed by atoms with Crippen LogP contribution in [0.25, 0.3) is 0 Å². The van der Waals surface area contributed by atoms with Crippen molar-refractivity contribution in [3.8, 4) is 0 Å². The van der Waals surface area contributed by atoms with Gasteiger partial charge in [0.05, 0.1) is 0 Å². The molecular weight excluding hydrogens is 208 g/mol. The number of allylic oxidation sites excluding steroid dienone is 1. The van der Waals surface area contributed by atoms with Gasteiger partial charge in [0.1, 0.15) is 0 Å². The molecule has 1 heterocycles. The first-order chi connectivity index (χ1) is 8.10. The maximum atomic E-state index is 3.74. The SMILES string of the molecule is C/C=C/CN1CC(C(C)CC)NCC1C(C)C. The predicted octanol–water partition coefficient (Wildman–Crippen LogP) is 2.91. The van der Waals surface area contributed by atoms with Gasteiger partial charge in [-0.3, -0.25) is 4.90 Å². The molecule has 0 aromatic heterocycles. The second kappa shape index (κ2) is 7.17. The molecule has 2 heteroatoms. The fourth-order valence-corrected chi connectivity index (χ4v) is 2.63. The van der Waals surface area contributed by atoms with Crippen molar-refractivity contribution in [3.63, 3.8) is 0 Å². The van der Waals surface area contributed by atoms with E-state index < -0.39 is 0 Å². The molecule has 1 saturated heterocycles. The Labute approximate surface area is 107 Å². The fraction of sp³-hybridized carbons (Fsp3) is 0.867. The monoisotopic (exact) mass is 238 g/mol. The van der Waals surface area contributed by atoms with E-state index in [0.29, 0.717) is 12.1 Å². The summed E-state index contributed by atoms with van der Waals surface area (Å²) in [4.78, 5) is 2.65. The lowest BCUT2D eigenvalue weighted by Gasteiger charge is -2.43. The topological polar surface area (TPSA) is 15.3 Å². The van der Waals surface area contributed by atoms with Crippen LogP contribution >= 0.6 is 0 Å². The Kier molecular flexibility index (Phi) is 6.21. The van der Waals surface area contributed by atoms with Crippen LogP contribution < -0.4 is 5.32 Å². The van der Waals surface area contributed by atoms with E-state index in [2.05, 4.69) is 57.0 Å². The molecule has 1 aliphatic rings. The minimum absolute atomic E-state index is 0.667. The van der Waals surface area contributed by atoms with Crippen molar-refractivity contribution in [2.45, 2.75) is 53.1 Å². The van der Waals surface area contributed by atoms with E-state index in [4.69, 9.17) is 0 Å². The van der Waals surface area contributed by atoms with Gasteiger partial charge >= 0.3 is 0 Å². The van der Waals surface area contributed by atoms with Crippen LogP contribution in [-0.4, -0.2) is 36.6 Å². The van der Waals surface area contributed by atoms with Crippen LogP contribution in [0.3, 0.4) is 0 Å². The Morgan fingerprint density at radius 1 is 1.35 bits per heavy atom. The summed E-state index contributed by atoms with van der Waals surface area (Å²) in [7, 11) is 0. The predicted molar refractivity (Wildman–Crippen MR) is 76.3 cm³/mol. The number of hydrogen-bond donors (Lipinski definition) is 1. The Bertz CT molecular complexity index is 235. The Balaban J connectivity index is 2.62. The van der Waals surface area contributed by atoms with Crippen LogP contribution in [0.5, 0.6) is 0 Å². The third-order valence-corrected chi connectivity index (χ3v) is 4.17. The summed E-state index contributed by atoms with van der Waals surface area (Å²) in [6.07, 6.45) is 5.72. The lowest BCUT2D eigenvalue weighted by atomic mass is 9.92. The first kappa shape index (κ1) is 14.7. The molecule has 2 nitrogen and oxygen atoms in total. The molecule has 0 saturated carbocycles. The zero-order valence-electron chi connectivity index (χ0n) is 12.2. The standard InChI is InChI=1S/C15H30N2/c1-6-8-9-17-11-14(13(5)7-2)16-10-15(17)12(3)4/h6,8,12-16H,7,9-11H2,1-5H3/b8-6+. The van der Waals surface area contributed by atoms with Gasteiger partial charge in [-0.1, -0.05) is 46.3 Å². The highest BCUT2D eigenvalue weighted by atomic mass is 15.2. The zero-order valence-corrected chi connectivity index (χ0v) is 12.2. The molecule has 0 aromatic carbocycles. The Morgan fingerprint density at radius 3 is 2.59 bits per heavy atom. The Morgan fingerprint density at radius 2 is 2.06 bits per heavy atom. The molecule has 0 aliphatic carbocycles. The van der Waals surface area contributed by atoms with Crippen molar-refractivity contribution in [3.05, 3.63) is 12.2 Å². The van der Waals surface area contributed by atoms with Gasteiger partial charge in [0.15, 0.2) is 0 Å². The van der Waals surface area contributed by atoms with Gasteiger partial charge in [-0.2, -0.15) is 0 Å². The summed E-state index contributed by atoms with van der Waals surface area (Å²) in [6.45, 7) is 14.9. The third-order valence-electron chi connectivity index (χ3n) is 4.17. The van der Waals surface area contributed by atoms with Crippen LogP contribution in [-0.2, 0) is 0 Å². The van der Waals surface area contributed by atoms with Crippen molar-refractivity contribution in [1.29, 1.82) is 0 Å². The van der Waals surface area contributed by atoms with E-state index in [1.165, 1.54) is 13.0 Å². The number of rotatable bonds is 5. The highest BCUT2D eigenvalue weighted by Crippen LogP contribution is 2.19. The van der Waals surface area contributed by atoms with Gasteiger partial charge in [-0.05, 0) is 18.8 Å². The zero-order chi connectivity index (χ0) is 12.8. The van der Waals surface area contributed by atoms with Gasteiger partial charge in [0.25, 0.3) is 0 Å². The van der Waals surface area contributed by atoms with E-state index >= 15 is 0 Å². The fourth-order valence-electron chi connectivity index (χ4n) is 2.63. The summed E-state index contributed by atoms with van der Waals surface area (Å²) in [5.74, 6) is 1.50. The van der Waals surface area contributed by atoms with E-state index in [-0.39, 0.29) is 0 Å². The number of nitrogens with one attached hydrogen (secondary N) is 1. The molecule has 0 radical (unpaired) electrons. The van der Waals surface area contributed by atoms with Crippen LogP contribution in [0.2, 0.25) is 0 Å². The largest absolute Gasteiger partial charge is 0.311 e. The molecule has 3 unspecified atom stereocenters. The molecule has 100 valence electrons. The average Bonchev–Trinajstić information content (AvgIpc) is 2.34. The van der Waals surface area contributed by atoms with E-state index in [9.17, 15) is 0 Å². The summed E-state index contributed by atoms with van der Waals surface area (Å²) in [5, 5.41) is 3.74. The quantitative estimate of drug-likeness (QED) is 0.741. The lowest BCUT2D eigenvalue weighted by molar-refractivity contribution is 0.0934. The highest BCUT2D eigenvalue weighted by molar-refractivity contribution is 4.93. The van der Waals surface area contributed by atoms with Crippen LogP contribution in [0.4, 0.5) is 0 Å². The second-order valence-electron chi connectivity index (χ2n) is 5.73. The molecule has 0 bridgehead atoms. The maximum Gasteiger partial charge on any atom is 0.0247 e. The minimum atomic E-state index is 0.667. The summed E-state index contributed by atoms with van der Waals surface area (Å²) >= 11 is 0. The smallest absolute Gasteiger partial charge is 0.0247 e. The number of nitrogens with zero attached hydrogens (tertiary/aromatic N) is 1. The van der Waals surface area contributed by atoms with Gasteiger partial charge < -0.3 is 5.32 Å². The summed E-state index contributed by atoms with van der Waals surface area (Å²) in [6, 6.07) is 1.35. The third kappa shape index (κ3) is 4.11. The van der Waals surface area contributed by atoms with E-state index in [0.717, 1.165) is 24.9 Å². The second-order valence-corrected chi connectivity index (χ2v) is 5.73. The van der Waals surface area contributed by atoms with Gasteiger partial charge in [0, 0.05) is 31.7 Å². The minimum Gasteiger partial charge on any atom is -0.311 e. The first-order valence-electron chi connectivity index (χ1n) is 7.18. The first-order valence-corrected chi connectivity index (χ1v) is 7.18. The molecule has 3 atom stereocenters. The van der Waals surface area contributed by atoms with Crippen molar-refractivity contribution in [2.75, 3.05) is 19.6 Å². The molecule has 0 amide bonds. The highest BCUT2D eigenvalue weighted by Gasteiger charge is 2.30. The van der Waals surface area contributed by atoms with Crippen molar-refractivity contribution in [2.24, 2.45) is 11.8 Å². The Hall–Kier alpha value is -0.340. The van der Waals surface area contributed by atoms with Crippen molar-refractivity contribution >= 4 is 0 Å². The molecule has 1 aliphatic heterocycles. The van der Waals surface area contributed by atoms with Crippen LogP contribution in [0, 0.1) is 11.8 Å². The average molecular weight is 238 g/mol. The molecular formula is C15H30N2. The van der Waals surface area contributed by atoms with Gasteiger partial charge in [0.2, 0.25) is 0 Å². The van der Waals surface area contributed by atoms with Crippen molar-refractivity contribution < 1.29 is 0 Å². The van der Waals surface area contributed by atoms with Crippen LogP contribution in [0.1, 0.15) is 41.0 Å². The van der Waals surface area contributed by atoms with E-state index in [1.54, 1.807) is 0 Å². The van der Waals surface area contributed by atoms with Gasteiger partial charge in [-0.25, -0.2) is 0 Å². The summed E-state index contributed by atoms with van der Waals surface area (Å²) in [5.41, 5.74) is 0. The molecule has 1 fully saturated rings. The number of piperazine rings is 1. The van der Waals surface area contributed by atoms with Crippen LogP contribution in [0.15, 0.2) is 12.2 Å². The number of hydrogen-bond acceptors (Lipinski definition) is 2.